The molecule has 0 amide bonds. The number of rotatable bonds is 7. The van der Waals surface area contributed by atoms with Crippen LogP contribution in [0, 0.1) is 0 Å². The monoisotopic (exact) mass is 368 g/mol. The first kappa shape index (κ1) is 19.7. The van der Waals surface area contributed by atoms with Gasteiger partial charge in [-0.3, -0.25) is 4.99 Å². The number of benzene rings is 1. The summed E-state index contributed by atoms with van der Waals surface area (Å²) < 4.78 is 31.3. The number of aryl methyl sites for hydroxylation is 1. The number of nitrogens with zero attached hydrogens (tertiary/aromatic N) is 2. The molecule has 1 aliphatic heterocycles. The van der Waals surface area contributed by atoms with Crippen LogP contribution in [-0.4, -0.2) is 64.3 Å². The predicted molar refractivity (Wildman–Crippen MR) is 100 cm³/mol. The minimum absolute atomic E-state index is 0.0409. The van der Waals surface area contributed by atoms with Gasteiger partial charge in [-0.1, -0.05) is 31.2 Å². The highest BCUT2D eigenvalue weighted by Crippen LogP contribution is 2.09. The minimum Gasteiger partial charge on any atom is -0.379 e. The lowest BCUT2D eigenvalue weighted by molar-refractivity contribution is 0.0730. The van der Waals surface area contributed by atoms with Gasteiger partial charge >= 0.3 is 0 Å². The molecule has 8 heteroatoms. The van der Waals surface area contributed by atoms with E-state index >= 15 is 0 Å². The fraction of sp³-hybridized carbons (Fsp3) is 0.588. The third-order valence-corrected chi connectivity index (χ3v) is 6.06. The zero-order valence-electron chi connectivity index (χ0n) is 15.0. The summed E-state index contributed by atoms with van der Waals surface area (Å²) in [7, 11) is -1.58. The molecule has 1 aliphatic rings. The molecule has 1 heterocycles. The van der Waals surface area contributed by atoms with Gasteiger partial charge in [0.15, 0.2) is 5.96 Å². The summed E-state index contributed by atoms with van der Waals surface area (Å²) in [6.07, 6.45) is 0.974. The molecular weight excluding hydrogens is 340 g/mol. The number of aliphatic imine (C=N–C) groups is 1. The van der Waals surface area contributed by atoms with E-state index in [9.17, 15) is 8.42 Å². The molecule has 0 unspecified atom stereocenters. The fourth-order valence-electron chi connectivity index (χ4n) is 2.73. The van der Waals surface area contributed by atoms with Crippen molar-refractivity contribution in [2.45, 2.75) is 19.9 Å². The van der Waals surface area contributed by atoms with Crippen molar-refractivity contribution in [3.05, 3.63) is 35.4 Å². The maximum Gasteiger partial charge on any atom is 0.215 e. The van der Waals surface area contributed by atoms with Gasteiger partial charge in [0, 0.05) is 33.2 Å². The van der Waals surface area contributed by atoms with Crippen LogP contribution in [0.5, 0.6) is 0 Å². The lowest BCUT2D eigenvalue weighted by Crippen LogP contribution is -2.45. The molecule has 25 heavy (non-hydrogen) atoms. The molecule has 7 nitrogen and oxygen atoms in total. The first-order chi connectivity index (χ1) is 12.1. The first-order valence-electron chi connectivity index (χ1n) is 8.63. The van der Waals surface area contributed by atoms with Gasteiger partial charge < -0.3 is 15.4 Å². The largest absolute Gasteiger partial charge is 0.379 e. The van der Waals surface area contributed by atoms with Crippen molar-refractivity contribution in [3.63, 3.8) is 0 Å². The van der Waals surface area contributed by atoms with Crippen LogP contribution in [0.4, 0.5) is 0 Å². The van der Waals surface area contributed by atoms with Gasteiger partial charge in [-0.2, -0.15) is 4.31 Å². The van der Waals surface area contributed by atoms with E-state index in [0.29, 0.717) is 45.4 Å². The van der Waals surface area contributed by atoms with Crippen molar-refractivity contribution in [2.75, 3.05) is 45.6 Å². The highest BCUT2D eigenvalue weighted by atomic mass is 32.2. The average Bonchev–Trinajstić information content (AvgIpc) is 2.65. The van der Waals surface area contributed by atoms with E-state index in [2.05, 4.69) is 34.7 Å². The van der Waals surface area contributed by atoms with Crippen LogP contribution in [0.2, 0.25) is 0 Å². The van der Waals surface area contributed by atoms with Crippen LogP contribution < -0.4 is 10.6 Å². The van der Waals surface area contributed by atoms with Crippen LogP contribution in [-0.2, 0) is 27.7 Å². The van der Waals surface area contributed by atoms with E-state index in [-0.39, 0.29) is 5.75 Å². The van der Waals surface area contributed by atoms with Crippen molar-refractivity contribution in [1.82, 2.24) is 14.9 Å². The van der Waals surface area contributed by atoms with Gasteiger partial charge in [-0.05, 0) is 17.5 Å². The smallest absolute Gasteiger partial charge is 0.215 e. The van der Waals surface area contributed by atoms with Gasteiger partial charge in [-0.25, -0.2) is 8.42 Å². The van der Waals surface area contributed by atoms with E-state index in [1.165, 1.54) is 15.4 Å². The van der Waals surface area contributed by atoms with Gasteiger partial charge in [0.05, 0.1) is 19.0 Å². The van der Waals surface area contributed by atoms with Gasteiger partial charge in [0.2, 0.25) is 10.0 Å². The molecule has 2 N–H and O–H groups in total. The number of sulfonamides is 1. The molecule has 1 aromatic rings. The fourth-order valence-corrected chi connectivity index (χ4v) is 4.05. The molecule has 1 fully saturated rings. The Kier molecular flexibility index (Phi) is 7.67. The molecular formula is C17H28N4O3S. The van der Waals surface area contributed by atoms with E-state index in [0.717, 1.165) is 6.42 Å². The number of morpholine rings is 1. The summed E-state index contributed by atoms with van der Waals surface area (Å²) in [5, 5.41) is 6.31. The average molecular weight is 369 g/mol. The number of guanidine groups is 1. The lowest BCUT2D eigenvalue weighted by atomic mass is 10.1. The van der Waals surface area contributed by atoms with E-state index in [1.807, 2.05) is 12.1 Å². The first-order valence-corrected chi connectivity index (χ1v) is 10.2. The zero-order valence-corrected chi connectivity index (χ0v) is 15.8. The Morgan fingerprint density at radius 2 is 1.88 bits per heavy atom. The Labute approximate surface area is 150 Å². The summed E-state index contributed by atoms with van der Waals surface area (Å²) in [6.45, 7) is 4.89. The SMILES string of the molecule is CCc1ccccc1CNC(=NC)NCCS(=O)(=O)N1CCOCC1. The topological polar surface area (TPSA) is 83.0 Å². The van der Waals surface area contributed by atoms with Gasteiger partial charge in [-0.15, -0.1) is 0 Å². The normalized spacial score (nSPS) is 16.6. The Morgan fingerprint density at radius 3 is 2.52 bits per heavy atom. The minimum atomic E-state index is -3.26. The van der Waals surface area contributed by atoms with Crippen molar-refractivity contribution in [2.24, 2.45) is 4.99 Å². The Balaban J connectivity index is 1.80. The zero-order chi connectivity index (χ0) is 18.1. The molecule has 0 bridgehead atoms. The van der Waals surface area contributed by atoms with Crippen molar-refractivity contribution in [1.29, 1.82) is 0 Å². The number of hydrogen-bond acceptors (Lipinski definition) is 4. The molecule has 1 aromatic carbocycles. The van der Waals surface area contributed by atoms with E-state index in [4.69, 9.17) is 4.74 Å². The molecule has 2 rings (SSSR count). The Morgan fingerprint density at radius 1 is 1.20 bits per heavy atom. The summed E-state index contributed by atoms with van der Waals surface area (Å²) in [5.41, 5.74) is 2.51. The number of hydrogen-bond donors (Lipinski definition) is 2. The molecule has 0 saturated carbocycles. The summed E-state index contributed by atoms with van der Waals surface area (Å²) in [4.78, 5) is 4.16. The van der Waals surface area contributed by atoms with E-state index in [1.54, 1.807) is 7.05 Å². The van der Waals surface area contributed by atoms with E-state index < -0.39 is 10.0 Å². The second kappa shape index (κ2) is 9.74. The Hall–Kier alpha value is -1.64. The lowest BCUT2D eigenvalue weighted by Gasteiger charge is -2.26. The molecule has 0 spiro atoms. The van der Waals surface area contributed by atoms with Gasteiger partial charge in [0.25, 0.3) is 0 Å². The molecule has 0 aliphatic carbocycles. The maximum atomic E-state index is 12.3. The maximum absolute atomic E-state index is 12.3. The standard InChI is InChI=1S/C17H28N4O3S/c1-3-15-6-4-5-7-16(15)14-20-17(18-2)19-8-13-25(22,23)21-9-11-24-12-10-21/h4-7H,3,8-14H2,1-2H3,(H2,18,19,20). The number of ether oxygens (including phenoxy) is 1. The van der Waals surface area contributed by atoms with Crippen LogP contribution in [0.25, 0.3) is 0 Å². The second-order valence-corrected chi connectivity index (χ2v) is 7.89. The highest BCUT2D eigenvalue weighted by Gasteiger charge is 2.23. The highest BCUT2D eigenvalue weighted by molar-refractivity contribution is 7.89. The van der Waals surface area contributed by atoms with Crippen LogP contribution in [0.1, 0.15) is 18.1 Å². The van der Waals surface area contributed by atoms with Crippen molar-refractivity contribution >= 4 is 16.0 Å². The van der Waals surface area contributed by atoms with Crippen LogP contribution in [0.15, 0.2) is 29.3 Å². The summed E-state index contributed by atoms with van der Waals surface area (Å²) >= 11 is 0. The molecule has 0 aromatic heterocycles. The summed E-state index contributed by atoms with van der Waals surface area (Å²) in [5.74, 6) is 0.641. The van der Waals surface area contributed by atoms with Crippen molar-refractivity contribution in [3.8, 4) is 0 Å². The summed E-state index contributed by atoms with van der Waals surface area (Å²) in [6, 6.07) is 8.25. The third kappa shape index (κ3) is 5.98. The van der Waals surface area contributed by atoms with Crippen molar-refractivity contribution < 1.29 is 13.2 Å². The molecule has 0 radical (unpaired) electrons. The molecule has 1 saturated heterocycles. The quantitative estimate of drug-likeness (QED) is 0.543. The molecule has 140 valence electrons. The predicted octanol–water partition coefficient (Wildman–Crippen LogP) is 0.576. The Bertz CT molecular complexity index is 670. The second-order valence-electron chi connectivity index (χ2n) is 5.80. The van der Waals surface area contributed by atoms with Crippen LogP contribution in [0.3, 0.4) is 0 Å². The number of nitrogens with one attached hydrogen (secondary N) is 2. The molecule has 0 atom stereocenters. The van der Waals surface area contributed by atoms with Gasteiger partial charge in [0.1, 0.15) is 0 Å². The van der Waals surface area contributed by atoms with Crippen LogP contribution >= 0.6 is 0 Å². The third-order valence-electron chi connectivity index (χ3n) is 4.19.